The van der Waals surface area contributed by atoms with Crippen LogP contribution < -0.4 is 10.6 Å². The monoisotopic (exact) mass is 276 g/mol. The number of nitrogens with one attached hydrogen (secondary N) is 2. The minimum atomic E-state index is -4.48. The lowest BCUT2D eigenvalue weighted by Crippen LogP contribution is -2.36. The molecule has 19 heavy (non-hydrogen) atoms. The van der Waals surface area contributed by atoms with Crippen LogP contribution in [0.15, 0.2) is 24.3 Å². The third-order valence-corrected chi connectivity index (χ3v) is 1.99. The molecule has 2 N–H and O–H groups in total. The highest BCUT2D eigenvalue weighted by atomic mass is 19.4. The lowest BCUT2D eigenvalue weighted by molar-refractivity contribution is -0.122. The standard InChI is InChI=1S/C11H11F3N2O3/c1-19-9(17)7-3-2-4-8(5-7)16-10(18)15-6-11(12,13)14/h2-5H,6H2,1H3,(H2,15,16,18). The quantitative estimate of drug-likeness (QED) is 0.831. The maximum atomic E-state index is 11.9. The molecule has 104 valence electrons. The number of rotatable bonds is 3. The van der Waals surface area contributed by atoms with Gasteiger partial charge in [0.2, 0.25) is 0 Å². The van der Waals surface area contributed by atoms with Crippen LogP contribution >= 0.6 is 0 Å². The molecule has 0 spiro atoms. The number of alkyl halides is 3. The van der Waals surface area contributed by atoms with Crippen LogP contribution in [0.4, 0.5) is 23.7 Å². The first-order chi connectivity index (χ1) is 8.81. The van der Waals surface area contributed by atoms with E-state index >= 15 is 0 Å². The Morgan fingerprint density at radius 3 is 2.58 bits per heavy atom. The molecule has 0 atom stereocenters. The summed E-state index contributed by atoms with van der Waals surface area (Å²) in [5.41, 5.74) is 0.360. The molecular formula is C11H11F3N2O3. The van der Waals surface area contributed by atoms with Gasteiger partial charge in [-0.15, -0.1) is 0 Å². The van der Waals surface area contributed by atoms with E-state index in [4.69, 9.17) is 0 Å². The van der Waals surface area contributed by atoms with Gasteiger partial charge in [-0.2, -0.15) is 13.2 Å². The molecule has 8 heteroatoms. The average Bonchev–Trinajstić information content (AvgIpc) is 2.35. The highest BCUT2D eigenvalue weighted by Crippen LogP contribution is 2.13. The zero-order chi connectivity index (χ0) is 14.5. The maximum Gasteiger partial charge on any atom is 0.405 e. The predicted octanol–water partition coefficient (Wildman–Crippen LogP) is 2.16. The second kappa shape index (κ2) is 6.07. The molecule has 0 aromatic heterocycles. The number of ether oxygens (including phenoxy) is 1. The summed E-state index contributed by atoms with van der Waals surface area (Å²) in [7, 11) is 1.19. The Hall–Kier alpha value is -2.25. The number of urea groups is 1. The Morgan fingerprint density at radius 2 is 2.00 bits per heavy atom. The largest absolute Gasteiger partial charge is 0.465 e. The summed E-state index contributed by atoms with van der Waals surface area (Å²) >= 11 is 0. The van der Waals surface area contributed by atoms with Crippen molar-refractivity contribution in [2.45, 2.75) is 6.18 Å². The minimum absolute atomic E-state index is 0.177. The fourth-order valence-electron chi connectivity index (χ4n) is 1.20. The van der Waals surface area contributed by atoms with Crippen molar-refractivity contribution in [3.8, 4) is 0 Å². The van der Waals surface area contributed by atoms with Gasteiger partial charge in [-0.1, -0.05) is 6.07 Å². The molecule has 0 bridgehead atoms. The van der Waals surface area contributed by atoms with Crippen molar-refractivity contribution >= 4 is 17.7 Å². The molecule has 1 rings (SSSR count). The van der Waals surface area contributed by atoms with Crippen LogP contribution in [0.5, 0.6) is 0 Å². The molecule has 0 fully saturated rings. The van der Waals surface area contributed by atoms with Gasteiger partial charge in [-0.25, -0.2) is 9.59 Å². The number of carbonyl (C=O) groups excluding carboxylic acids is 2. The van der Waals surface area contributed by atoms with E-state index in [9.17, 15) is 22.8 Å². The number of methoxy groups -OCH3 is 1. The predicted molar refractivity (Wildman–Crippen MR) is 60.9 cm³/mol. The van der Waals surface area contributed by atoms with E-state index in [1.807, 2.05) is 0 Å². The molecule has 0 radical (unpaired) electrons. The molecule has 0 heterocycles. The topological polar surface area (TPSA) is 67.4 Å². The minimum Gasteiger partial charge on any atom is -0.465 e. The first kappa shape index (κ1) is 14.8. The summed E-state index contributed by atoms with van der Waals surface area (Å²) in [6.07, 6.45) is -4.48. The summed E-state index contributed by atoms with van der Waals surface area (Å²) in [5.74, 6) is -0.612. The second-order valence-corrected chi connectivity index (χ2v) is 3.50. The van der Waals surface area contributed by atoms with Gasteiger partial charge in [0, 0.05) is 5.69 Å². The lowest BCUT2D eigenvalue weighted by Gasteiger charge is -2.10. The van der Waals surface area contributed by atoms with Gasteiger partial charge in [0.05, 0.1) is 12.7 Å². The summed E-state index contributed by atoms with van der Waals surface area (Å²) in [5, 5.41) is 3.82. The second-order valence-electron chi connectivity index (χ2n) is 3.50. The molecule has 5 nitrogen and oxygen atoms in total. The summed E-state index contributed by atoms with van der Waals surface area (Å²) in [6, 6.07) is 4.62. The van der Waals surface area contributed by atoms with Crippen LogP contribution in [0.2, 0.25) is 0 Å². The van der Waals surface area contributed by atoms with Crippen LogP contribution in [0.25, 0.3) is 0 Å². The number of benzene rings is 1. The van der Waals surface area contributed by atoms with Crippen LogP contribution in [0, 0.1) is 0 Å². The fourth-order valence-corrected chi connectivity index (χ4v) is 1.20. The zero-order valence-electron chi connectivity index (χ0n) is 9.88. The SMILES string of the molecule is COC(=O)c1cccc(NC(=O)NCC(F)(F)F)c1. The van der Waals surface area contributed by atoms with E-state index in [1.54, 1.807) is 5.32 Å². The summed E-state index contributed by atoms with van der Waals surface area (Å²) < 4.78 is 40.1. The Labute approximate surface area is 106 Å². The van der Waals surface area contributed by atoms with Gasteiger partial charge in [0.25, 0.3) is 0 Å². The number of carbonyl (C=O) groups is 2. The fraction of sp³-hybridized carbons (Fsp3) is 0.273. The van der Waals surface area contributed by atoms with E-state index in [2.05, 4.69) is 10.1 Å². The van der Waals surface area contributed by atoms with Crippen molar-refractivity contribution in [2.24, 2.45) is 0 Å². The number of amides is 2. The Bertz CT molecular complexity index is 474. The van der Waals surface area contributed by atoms with Crippen molar-refractivity contribution in [3.63, 3.8) is 0 Å². The summed E-state index contributed by atoms with van der Waals surface area (Å²) in [6.45, 7) is -1.43. The van der Waals surface area contributed by atoms with Gasteiger partial charge in [-0.05, 0) is 18.2 Å². The van der Waals surface area contributed by atoms with Gasteiger partial charge >= 0.3 is 18.2 Å². The van der Waals surface area contributed by atoms with Crippen molar-refractivity contribution in [3.05, 3.63) is 29.8 Å². The maximum absolute atomic E-state index is 11.9. The normalized spacial score (nSPS) is 10.7. The Balaban J connectivity index is 2.62. The van der Waals surface area contributed by atoms with Gasteiger partial charge < -0.3 is 15.4 Å². The number of esters is 1. The molecule has 0 saturated heterocycles. The molecule has 1 aromatic carbocycles. The molecular weight excluding hydrogens is 265 g/mol. The molecule has 0 aliphatic carbocycles. The number of halogens is 3. The van der Waals surface area contributed by atoms with Crippen LogP contribution in [-0.2, 0) is 4.74 Å². The third-order valence-electron chi connectivity index (χ3n) is 1.99. The van der Waals surface area contributed by atoms with E-state index in [1.165, 1.54) is 31.4 Å². The van der Waals surface area contributed by atoms with E-state index in [0.29, 0.717) is 0 Å². The zero-order valence-corrected chi connectivity index (χ0v) is 9.88. The van der Waals surface area contributed by atoms with Crippen LogP contribution in [0.3, 0.4) is 0 Å². The summed E-state index contributed by atoms with van der Waals surface area (Å²) in [4.78, 5) is 22.4. The molecule has 0 aliphatic rings. The third kappa shape index (κ3) is 5.28. The van der Waals surface area contributed by atoms with Gasteiger partial charge in [0.1, 0.15) is 6.54 Å². The van der Waals surface area contributed by atoms with Crippen molar-refractivity contribution in [1.29, 1.82) is 0 Å². The molecule has 1 aromatic rings. The van der Waals surface area contributed by atoms with E-state index in [0.717, 1.165) is 0 Å². The smallest absolute Gasteiger partial charge is 0.405 e. The first-order valence-corrected chi connectivity index (χ1v) is 5.12. The van der Waals surface area contributed by atoms with Crippen LogP contribution in [0.1, 0.15) is 10.4 Å². The number of hydrogen-bond acceptors (Lipinski definition) is 3. The highest BCUT2D eigenvalue weighted by Gasteiger charge is 2.27. The molecule has 0 saturated carbocycles. The van der Waals surface area contributed by atoms with Crippen molar-refractivity contribution < 1.29 is 27.5 Å². The van der Waals surface area contributed by atoms with Gasteiger partial charge in [0.15, 0.2) is 0 Å². The Kier molecular flexibility index (Phi) is 4.74. The first-order valence-electron chi connectivity index (χ1n) is 5.12. The van der Waals surface area contributed by atoms with Crippen LogP contribution in [-0.4, -0.2) is 31.8 Å². The molecule has 2 amide bonds. The molecule has 0 unspecified atom stereocenters. The Morgan fingerprint density at radius 1 is 1.32 bits per heavy atom. The van der Waals surface area contributed by atoms with Crippen molar-refractivity contribution in [2.75, 3.05) is 19.0 Å². The van der Waals surface area contributed by atoms with Crippen molar-refractivity contribution in [1.82, 2.24) is 5.32 Å². The highest BCUT2D eigenvalue weighted by molar-refractivity contribution is 5.93. The molecule has 0 aliphatic heterocycles. The van der Waals surface area contributed by atoms with Gasteiger partial charge in [-0.3, -0.25) is 0 Å². The van der Waals surface area contributed by atoms with E-state index < -0.39 is 24.7 Å². The number of anilines is 1. The van der Waals surface area contributed by atoms with E-state index in [-0.39, 0.29) is 11.3 Å². The number of hydrogen-bond donors (Lipinski definition) is 2. The lowest BCUT2D eigenvalue weighted by atomic mass is 10.2. The average molecular weight is 276 g/mol.